The van der Waals surface area contributed by atoms with E-state index in [2.05, 4.69) is 12.3 Å². The minimum atomic E-state index is -0.342. The van der Waals surface area contributed by atoms with Crippen molar-refractivity contribution >= 4 is 11.6 Å². The average molecular weight is 285 g/mol. The van der Waals surface area contributed by atoms with Gasteiger partial charge in [-0.25, -0.2) is 5.43 Å². The number of methoxy groups -OCH3 is 1. The lowest BCUT2D eigenvalue weighted by Gasteiger charge is -2.40. The van der Waals surface area contributed by atoms with Gasteiger partial charge in [-0.15, -0.1) is 0 Å². The Morgan fingerprint density at radius 2 is 2.26 bits per heavy atom. The SMILES string of the molecule is COc1ccc(Cl)cc1C(NN)C1(C)CCCCO1. The molecule has 19 heavy (non-hydrogen) atoms. The van der Waals surface area contributed by atoms with Crippen LogP contribution in [0.1, 0.15) is 37.8 Å². The Balaban J connectivity index is 2.38. The van der Waals surface area contributed by atoms with Gasteiger partial charge >= 0.3 is 0 Å². The Kier molecular flexibility index (Phi) is 4.68. The summed E-state index contributed by atoms with van der Waals surface area (Å²) in [4.78, 5) is 0. The van der Waals surface area contributed by atoms with Crippen LogP contribution in [0, 0.1) is 0 Å². The second kappa shape index (κ2) is 6.09. The lowest BCUT2D eigenvalue weighted by molar-refractivity contribution is -0.0902. The van der Waals surface area contributed by atoms with Crippen LogP contribution in [-0.2, 0) is 4.74 Å². The fourth-order valence-corrected chi connectivity index (χ4v) is 2.89. The van der Waals surface area contributed by atoms with E-state index < -0.39 is 0 Å². The summed E-state index contributed by atoms with van der Waals surface area (Å²) in [6, 6.07) is 5.39. The number of benzene rings is 1. The average Bonchev–Trinajstić information content (AvgIpc) is 2.40. The molecule has 0 aliphatic carbocycles. The summed E-state index contributed by atoms with van der Waals surface area (Å²) in [5, 5.41) is 0.662. The van der Waals surface area contributed by atoms with E-state index in [0.717, 1.165) is 37.2 Å². The van der Waals surface area contributed by atoms with Crippen LogP contribution < -0.4 is 16.0 Å². The molecule has 3 N–H and O–H groups in total. The molecule has 1 aliphatic rings. The number of hydrazine groups is 1. The molecule has 1 aromatic rings. The Morgan fingerprint density at radius 1 is 1.47 bits per heavy atom. The lowest BCUT2D eigenvalue weighted by Crippen LogP contribution is -2.48. The van der Waals surface area contributed by atoms with E-state index in [9.17, 15) is 0 Å². The van der Waals surface area contributed by atoms with Gasteiger partial charge in [-0.1, -0.05) is 11.6 Å². The molecule has 0 saturated carbocycles. The van der Waals surface area contributed by atoms with Crippen molar-refractivity contribution in [1.29, 1.82) is 0 Å². The quantitative estimate of drug-likeness (QED) is 0.659. The van der Waals surface area contributed by atoms with Crippen LogP contribution >= 0.6 is 11.6 Å². The molecule has 0 spiro atoms. The Labute approximate surface area is 119 Å². The normalized spacial score (nSPS) is 25.1. The summed E-state index contributed by atoms with van der Waals surface area (Å²) < 4.78 is 11.4. The van der Waals surface area contributed by atoms with Gasteiger partial charge in [0.2, 0.25) is 0 Å². The van der Waals surface area contributed by atoms with E-state index in [-0.39, 0.29) is 11.6 Å². The summed E-state index contributed by atoms with van der Waals surface area (Å²) in [6.45, 7) is 2.84. The maximum absolute atomic E-state index is 6.09. The largest absolute Gasteiger partial charge is 0.496 e. The maximum Gasteiger partial charge on any atom is 0.123 e. The molecule has 5 heteroatoms. The minimum Gasteiger partial charge on any atom is -0.496 e. The first-order chi connectivity index (χ1) is 9.10. The lowest BCUT2D eigenvalue weighted by atomic mass is 9.84. The van der Waals surface area contributed by atoms with E-state index in [0.29, 0.717) is 5.02 Å². The van der Waals surface area contributed by atoms with Crippen LogP contribution in [0.2, 0.25) is 5.02 Å². The summed E-state index contributed by atoms with van der Waals surface area (Å²) in [5.41, 5.74) is 3.46. The fourth-order valence-electron chi connectivity index (χ4n) is 2.71. The number of hydrogen-bond acceptors (Lipinski definition) is 4. The van der Waals surface area contributed by atoms with Crippen molar-refractivity contribution in [2.24, 2.45) is 5.84 Å². The number of halogens is 1. The standard InChI is InChI=1S/C14H21ClN2O2/c1-14(7-3-4-8-19-14)13(17-16)11-9-10(15)5-6-12(11)18-2/h5-6,9,13,17H,3-4,7-8,16H2,1-2H3. The van der Waals surface area contributed by atoms with Gasteiger partial charge in [0, 0.05) is 17.2 Å². The van der Waals surface area contributed by atoms with Crippen LogP contribution in [-0.4, -0.2) is 19.3 Å². The van der Waals surface area contributed by atoms with E-state index in [1.54, 1.807) is 7.11 Å². The van der Waals surface area contributed by atoms with Gasteiger partial charge in [-0.05, 0) is 44.4 Å². The molecule has 0 bridgehead atoms. The highest BCUT2D eigenvalue weighted by atomic mass is 35.5. The van der Waals surface area contributed by atoms with Gasteiger partial charge in [-0.2, -0.15) is 0 Å². The Hall–Kier alpha value is -0.810. The van der Waals surface area contributed by atoms with Crippen LogP contribution in [0.3, 0.4) is 0 Å². The van der Waals surface area contributed by atoms with Crippen LogP contribution in [0.4, 0.5) is 0 Å². The molecule has 1 heterocycles. The molecule has 0 aromatic heterocycles. The first kappa shape index (κ1) is 14.6. The summed E-state index contributed by atoms with van der Waals surface area (Å²) >= 11 is 6.09. The van der Waals surface area contributed by atoms with Crippen molar-refractivity contribution in [3.05, 3.63) is 28.8 Å². The second-order valence-electron chi connectivity index (χ2n) is 5.10. The monoisotopic (exact) mass is 284 g/mol. The fraction of sp³-hybridized carbons (Fsp3) is 0.571. The number of nitrogens with two attached hydrogens (primary N) is 1. The van der Waals surface area contributed by atoms with Crippen LogP contribution in [0.5, 0.6) is 5.75 Å². The zero-order valence-corrected chi connectivity index (χ0v) is 12.2. The third kappa shape index (κ3) is 3.03. The molecular formula is C14H21ClN2O2. The summed E-state index contributed by atoms with van der Waals surface area (Å²) in [6.07, 6.45) is 3.19. The molecular weight excluding hydrogens is 264 g/mol. The van der Waals surface area contributed by atoms with E-state index in [1.165, 1.54) is 0 Å². The van der Waals surface area contributed by atoms with Crippen molar-refractivity contribution in [2.45, 2.75) is 37.8 Å². The topological polar surface area (TPSA) is 56.5 Å². The van der Waals surface area contributed by atoms with Gasteiger partial charge in [0.25, 0.3) is 0 Å². The van der Waals surface area contributed by atoms with Gasteiger partial charge in [0.1, 0.15) is 5.75 Å². The third-order valence-electron chi connectivity index (χ3n) is 3.78. The van der Waals surface area contributed by atoms with Crippen molar-refractivity contribution in [1.82, 2.24) is 5.43 Å². The predicted molar refractivity (Wildman–Crippen MR) is 76.3 cm³/mol. The molecule has 106 valence electrons. The van der Waals surface area contributed by atoms with E-state index >= 15 is 0 Å². The van der Waals surface area contributed by atoms with Gasteiger partial charge in [-0.3, -0.25) is 5.84 Å². The van der Waals surface area contributed by atoms with E-state index in [4.69, 9.17) is 26.9 Å². The highest BCUT2D eigenvalue weighted by Gasteiger charge is 2.38. The molecule has 2 rings (SSSR count). The molecule has 1 fully saturated rings. The number of ether oxygens (including phenoxy) is 2. The van der Waals surface area contributed by atoms with Gasteiger partial charge in [0.15, 0.2) is 0 Å². The zero-order chi connectivity index (χ0) is 13.9. The smallest absolute Gasteiger partial charge is 0.123 e. The predicted octanol–water partition coefficient (Wildman–Crippen LogP) is 2.81. The molecule has 2 atom stereocenters. The van der Waals surface area contributed by atoms with Crippen LogP contribution in [0.25, 0.3) is 0 Å². The van der Waals surface area contributed by atoms with Crippen molar-refractivity contribution < 1.29 is 9.47 Å². The highest BCUT2D eigenvalue weighted by molar-refractivity contribution is 6.30. The third-order valence-corrected chi connectivity index (χ3v) is 4.01. The van der Waals surface area contributed by atoms with Gasteiger partial charge < -0.3 is 9.47 Å². The maximum atomic E-state index is 6.09. The number of nitrogens with one attached hydrogen (secondary N) is 1. The molecule has 0 radical (unpaired) electrons. The zero-order valence-electron chi connectivity index (χ0n) is 11.4. The van der Waals surface area contributed by atoms with Crippen molar-refractivity contribution in [2.75, 3.05) is 13.7 Å². The minimum absolute atomic E-state index is 0.151. The van der Waals surface area contributed by atoms with Crippen molar-refractivity contribution in [3.63, 3.8) is 0 Å². The second-order valence-corrected chi connectivity index (χ2v) is 5.54. The molecule has 1 saturated heterocycles. The first-order valence-electron chi connectivity index (χ1n) is 6.54. The Morgan fingerprint density at radius 3 is 2.84 bits per heavy atom. The molecule has 1 aliphatic heterocycles. The van der Waals surface area contributed by atoms with Gasteiger partial charge in [0.05, 0.1) is 18.8 Å². The number of hydrogen-bond donors (Lipinski definition) is 2. The molecule has 4 nitrogen and oxygen atoms in total. The highest BCUT2D eigenvalue weighted by Crippen LogP contribution is 2.40. The van der Waals surface area contributed by atoms with Crippen molar-refractivity contribution in [3.8, 4) is 5.75 Å². The Bertz CT molecular complexity index is 433. The molecule has 0 amide bonds. The molecule has 2 unspecified atom stereocenters. The van der Waals surface area contributed by atoms with Crippen LogP contribution in [0.15, 0.2) is 18.2 Å². The molecule has 1 aromatic carbocycles. The number of rotatable bonds is 4. The summed E-state index contributed by atoms with van der Waals surface area (Å²) in [7, 11) is 1.64. The first-order valence-corrected chi connectivity index (χ1v) is 6.92. The van der Waals surface area contributed by atoms with E-state index in [1.807, 2.05) is 18.2 Å². The summed E-state index contributed by atoms with van der Waals surface area (Å²) in [5.74, 6) is 6.53.